The normalized spacial score (nSPS) is 16.7. The van der Waals surface area contributed by atoms with Crippen LogP contribution in [0.15, 0.2) is 42.5 Å². The summed E-state index contributed by atoms with van der Waals surface area (Å²) < 4.78 is 5.29. The number of carbonyl (C=O) groups is 2. The quantitative estimate of drug-likeness (QED) is 0.753. The van der Waals surface area contributed by atoms with E-state index >= 15 is 0 Å². The van der Waals surface area contributed by atoms with E-state index in [1.807, 2.05) is 42.5 Å². The van der Waals surface area contributed by atoms with Gasteiger partial charge in [0, 0.05) is 18.1 Å². The van der Waals surface area contributed by atoms with Crippen molar-refractivity contribution in [1.29, 1.82) is 0 Å². The van der Waals surface area contributed by atoms with Gasteiger partial charge in [-0.1, -0.05) is 30.3 Å². The molecule has 0 spiro atoms. The third kappa shape index (κ3) is 3.90. The molecule has 0 unspecified atom stereocenters. The Morgan fingerprint density at radius 1 is 1.12 bits per heavy atom. The number of nitrogens with one attached hydrogen (secondary N) is 2. The van der Waals surface area contributed by atoms with E-state index in [0.717, 1.165) is 15.7 Å². The Morgan fingerprint density at radius 2 is 1.83 bits per heavy atom. The van der Waals surface area contributed by atoms with Crippen LogP contribution in [0.3, 0.4) is 0 Å². The van der Waals surface area contributed by atoms with Crippen molar-refractivity contribution in [2.45, 2.75) is 12.5 Å². The third-order valence-corrected chi connectivity index (χ3v) is 4.33. The lowest BCUT2D eigenvalue weighted by Gasteiger charge is -2.30. The van der Waals surface area contributed by atoms with Crippen molar-refractivity contribution < 1.29 is 24.3 Å². The van der Waals surface area contributed by atoms with Crippen LogP contribution in [0.2, 0.25) is 0 Å². The molecule has 0 aliphatic carbocycles. The van der Waals surface area contributed by atoms with Gasteiger partial charge < -0.3 is 24.9 Å². The summed E-state index contributed by atoms with van der Waals surface area (Å²) in [7, 11) is 0. The maximum atomic E-state index is 12.6. The second-order valence-electron chi connectivity index (χ2n) is 5.95. The molecule has 2 aromatic carbocycles. The summed E-state index contributed by atoms with van der Waals surface area (Å²) in [6, 6.07) is 12.8. The van der Waals surface area contributed by atoms with Gasteiger partial charge in [-0.3, -0.25) is 4.79 Å². The first-order chi connectivity index (χ1) is 11.6. The number of carboxylic acids is 1. The highest BCUT2D eigenvalue weighted by molar-refractivity contribution is 5.97. The molecule has 1 aliphatic rings. The van der Waals surface area contributed by atoms with Crippen LogP contribution in [0.4, 0.5) is 5.69 Å². The van der Waals surface area contributed by atoms with Gasteiger partial charge in [0.25, 0.3) is 5.91 Å². The van der Waals surface area contributed by atoms with Crippen molar-refractivity contribution in [3.8, 4) is 0 Å². The number of hydrogen-bond acceptors (Lipinski definition) is 4. The summed E-state index contributed by atoms with van der Waals surface area (Å²) in [4.78, 5) is 24.6. The van der Waals surface area contributed by atoms with Crippen molar-refractivity contribution in [2.24, 2.45) is 0 Å². The number of amides is 1. The van der Waals surface area contributed by atoms with Crippen LogP contribution >= 0.6 is 0 Å². The molecular formula is C18H20N2O4. The number of rotatable bonds is 5. The highest BCUT2D eigenvalue weighted by Gasteiger charge is 2.31. The van der Waals surface area contributed by atoms with Crippen LogP contribution in [0, 0.1) is 0 Å². The predicted octanol–water partition coefficient (Wildman–Crippen LogP) is -0.798. The first-order valence-electron chi connectivity index (χ1n) is 8.05. The smallest absolute Gasteiger partial charge is 0.283 e. The third-order valence-electron chi connectivity index (χ3n) is 4.33. The summed E-state index contributed by atoms with van der Waals surface area (Å²) in [6.07, 6.45) is -0.297. The minimum Gasteiger partial charge on any atom is -0.550 e. The number of fused-ring (bicyclic) bond motifs is 1. The van der Waals surface area contributed by atoms with E-state index in [0.29, 0.717) is 32.0 Å². The highest BCUT2D eigenvalue weighted by atomic mass is 16.5. The van der Waals surface area contributed by atoms with Crippen molar-refractivity contribution in [2.75, 3.05) is 31.6 Å². The SMILES string of the molecule is O=C([O-])C[C@@H](C(=O)Nc1ccc2ccccc2c1)[NH+]1CCOCC1. The van der Waals surface area contributed by atoms with Gasteiger partial charge in [-0.2, -0.15) is 0 Å². The standard InChI is InChI=1S/C18H20N2O4/c21-17(22)12-16(20-7-9-24-10-8-20)18(23)19-15-6-5-13-3-1-2-4-14(13)11-15/h1-6,11,16H,7-10,12H2,(H,19,23)(H,21,22)/t16-/m0/s1. The monoisotopic (exact) mass is 328 g/mol. The van der Waals surface area contributed by atoms with E-state index in [2.05, 4.69) is 5.32 Å². The molecule has 2 N–H and O–H groups in total. The Hall–Kier alpha value is -2.44. The fraction of sp³-hybridized carbons (Fsp3) is 0.333. The van der Waals surface area contributed by atoms with Gasteiger partial charge in [-0.15, -0.1) is 0 Å². The highest BCUT2D eigenvalue weighted by Crippen LogP contribution is 2.18. The van der Waals surface area contributed by atoms with Gasteiger partial charge in [-0.05, 0) is 22.9 Å². The lowest BCUT2D eigenvalue weighted by Crippen LogP contribution is -3.19. The number of carbonyl (C=O) groups excluding carboxylic acids is 2. The molecular weight excluding hydrogens is 308 g/mol. The maximum absolute atomic E-state index is 12.6. The molecule has 1 atom stereocenters. The van der Waals surface area contributed by atoms with E-state index < -0.39 is 12.0 Å². The fourth-order valence-corrected chi connectivity index (χ4v) is 3.07. The number of benzene rings is 2. The number of carboxylic acid groups (broad SMARTS) is 1. The summed E-state index contributed by atoms with van der Waals surface area (Å²) in [5, 5.41) is 16.0. The van der Waals surface area contributed by atoms with Crippen molar-refractivity contribution in [3.63, 3.8) is 0 Å². The van der Waals surface area contributed by atoms with Gasteiger partial charge in [0.05, 0.1) is 13.2 Å². The van der Waals surface area contributed by atoms with Crippen LogP contribution in [0.5, 0.6) is 0 Å². The zero-order chi connectivity index (χ0) is 16.9. The summed E-state index contributed by atoms with van der Waals surface area (Å²) >= 11 is 0. The Bertz CT molecular complexity index is 741. The predicted molar refractivity (Wildman–Crippen MR) is 87.5 cm³/mol. The first-order valence-corrected chi connectivity index (χ1v) is 8.05. The summed E-state index contributed by atoms with van der Waals surface area (Å²) in [6.45, 7) is 2.29. The number of morpholine rings is 1. The average Bonchev–Trinajstić information content (AvgIpc) is 2.60. The molecule has 0 radical (unpaired) electrons. The average molecular weight is 328 g/mol. The second kappa shape index (κ2) is 7.42. The molecule has 1 heterocycles. The van der Waals surface area contributed by atoms with E-state index in [-0.39, 0.29) is 12.3 Å². The minimum atomic E-state index is -1.22. The van der Waals surface area contributed by atoms with E-state index in [1.165, 1.54) is 0 Å². The van der Waals surface area contributed by atoms with Crippen LogP contribution < -0.4 is 15.3 Å². The molecule has 6 heteroatoms. The summed E-state index contributed by atoms with van der Waals surface area (Å²) in [5.41, 5.74) is 0.662. The molecule has 1 aliphatic heterocycles. The van der Waals surface area contributed by atoms with Crippen molar-refractivity contribution in [1.82, 2.24) is 0 Å². The fourth-order valence-electron chi connectivity index (χ4n) is 3.07. The Morgan fingerprint density at radius 3 is 2.54 bits per heavy atom. The largest absolute Gasteiger partial charge is 0.550 e. The van der Waals surface area contributed by atoms with Crippen LogP contribution in [-0.2, 0) is 14.3 Å². The number of aliphatic carboxylic acids is 1. The molecule has 3 rings (SSSR count). The maximum Gasteiger partial charge on any atom is 0.283 e. The Balaban J connectivity index is 1.76. The molecule has 126 valence electrons. The van der Waals surface area contributed by atoms with Gasteiger partial charge in [-0.25, -0.2) is 0 Å². The first kappa shape index (κ1) is 16.4. The lowest BCUT2D eigenvalue weighted by atomic mass is 10.1. The van der Waals surface area contributed by atoms with Crippen molar-refractivity contribution >= 4 is 28.3 Å². The molecule has 6 nitrogen and oxygen atoms in total. The van der Waals surface area contributed by atoms with E-state index in [9.17, 15) is 14.7 Å². The number of ether oxygens (including phenoxy) is 1. The van der Waals surface area contributed by atoms with Crippen molar-refractivity contribution in [3.05, 3.63) is 42.5 Å². The Labute approximate surface area is 140 Å². The summed E-state index contributed by atoms with van der Waals surface area (Å²) in [5.74, 6) is -1.51. The van der Waals surface area contributed by atoms with Gasteiger partial charge >= 0.3 is 0 Å². The zero-order valence-electron chi connectivity index (χ0n) is 13.3. The van der Waals surface area contributed by atoms with Gasteiger partial charge in [0.15, 0.2) is 6.04 Å². The van der Waals surface area contributed by atoms with Gasteiger partial charge in [0.2, 0.25) is 0 Å². The number of anilines is 1. The molecule has 1 fully saturated rings. The van der Waals surface area contributed by atoms with E-state index in [4.69, 9.17) is 4.74 Å². The molecule has 0 bridgehead atoms. The van der Waals surface area contributed by atoms with E-state index in [1.54, 1.807) is 0 Å². The minimum absolute atomic E-state index is 0.297. The number of quaternary nitrogens is 1. The Kier molecular flexibility index (Phi) is 5.08. The second-order valence-corrected chi connectivity index (χ2v) is 5.95. The lowest BCUT2D eigenvalue weighted by molar-refractivity contribution is -0.923. The number of hydrogen-bond donors (Lipinski definition) is 2. The van der Waals surface area contributed by atoms with Crippen LogP contribution in [0.1, 0.15) is 6.42 Å². The van der Waals surface area contributed by atoms with Gasteiger partial charge in [0.1, 0.15) is 13.1 Å². The molecule has 0 saturated carbocycles. The zero-order valence-corrected chi connectivity index (χ0v) is 13.3. The molecule has 0 aromatic heterocycles. The van der Waals surface area contributed by atoms with Crippen LogP contribution in [-0.4, -0.2) is 44.2 Å². The van der Waals surface area contributed by atoms with Crippen LogP contribution in [0.25, 0.3) is 10.8 Å². The molecule has 1 saturated heterocycles. The topological polar surface area (TPSA) is 82.9 Å². The molecule has 24 heavy (non-hydrogen) atoms. The molecule has 1 amide bonds. The molecule has 2 aromatic rings.